The van der Waals surface area contributed by atoms with Gasteiger partial charge in [-0.25, -0.2) is 15.0 Å². The van der Waals surface area contributed by atoms with Crippen molar-refractivity contribution in [1.82, 2.24) is 24.1 Å². The molecule has 0 aliphatic heterocycles. The van der Waals surface area contributed by atoms with Gasteiger partial charge in [0.2, 0.25) is 0 Å². The molecule has 300 valence electrons. The fourth-order valence-electron chi connectivity index (χ4n) is 9.92. The average molecular weight is 820 g/mol. The van der Waals surface area contributed by atoms with Crippen LogP contribution in [0.15, 0.2) is 211 Å². The van der Waals surface area contributed by atoms with E-state index < -0.39 is 0 Å². The molecule has 0 fully saturated rings. The molecule has 4 aromatic heterocycles. The minimum atomic E-state index is 0.559. The van der Waals surface area contributed by atoms with E-state index in [9.17, 15) is 0 Å². The highest BCUT2D eigenvalue weighted by Gasteiger charge is 2.28. The molecular formula is C58H37N5O. The molecule has 0 amide bonds. The van der Waals surface area contributed by atoms with Crippen molar-refractivity contribution >= 4 is 65.6 Å². The van der Waals surface area contributed by atoms with E-state index in [1.807, 2.05) is 66.7 Å². The normalized spacial score (nSPS) is 11.8. The zero-order valence-corrected chi connectivity index (χ0v) is 34.8. The predicted octanol–water partition coefficient (Wildman–Crippen LogP) is 14.9. The van der Waals surface area contributed by atoms with Gasteiger partial charge in [0.25, 0.3) is 0 Å². The Hall–Kier alpha value is -8.61. The molecule has 0 saturated carbocycles. The summed E-state index contributed by atoms with van der Waals surface area (Å²) in [5.74, 6) is 1.76. The number of aryl methyl sites for hydroxylation is 1. The lowest BCUT2D eigenvalue weighted by Crippen LogP contribution is -2.03. The number of nitrogens with zero attached hydrogens (tertiary/aromatic N) is 5. The molecule has 0 atom stereocenters. The Bertz CT molecular complexity index is 3890. The molecule has 13 rings (SSSR count). The lowest BCUT2D eigenvalue weighted by atomic mass is 9.97. The van der Waals surface area contributed by atoms with Crippen LogP contribution in [0.1, 0.15) is 5.56 Å². The lowest BCUT2D eigenvalue weighted by Gasteiger charge is -2.16. The van der Waals surface area contributed by atoms with Crippen LogP contribution >= 0.6 is 0 Å². The third-order valence-corrected chi connectivity index (χ3v) is 12.7. The number of fused-ring (bicyclic) bond motifs is 10. The lowest BCUT2D eigenvalue weighted by molar-refractivity contribution is 0.669. The number of para-hydroxylation sites is 4. The van der Waals surface area contributed by atoms with Gasteiger partial charge < -0.3 is 13.6 Å². The van der Waals surface area contributed by atoms with Gasteiger partial charge in [-0.1, -0.05) is 164 Å². The second kappa shape index (κ2) is 14.2. The molecule has 0 bridgehead atoms. The van der Waals surface area contributed by atoms with E-state index in [4.69, 9.17) is 19.4 Å². The second-order valence-electron chi connectivity index (χ2n) is 16.4. The molecule has 13 aromatic rings. The highest BCUT2D eigenvalue weighted by molar-refractivity contribution is 6.30. The van der Waals surface area contributed by atoms with Crippen LogP contribution < -0.4 is 0 Å². The fraction of sp³-hybridized carbons (Fsp3) is 0.0172. The number of hydrogen-bond donors (Lipinski definition) is 0. The van der Waals surface area contributed by atoms with Crippen LogP contribution in [0, 0.1) is 6.92 Å². The maximum atomic E-state index is 7.05. The third-order valence-electron chi connectivity index (χ3n) is 12.7. The van der Waals surface area contributed by atoms with E-state index in [0.29, 0.717) is 17.5 Å². The maximum Gasteiger partial charge on any atom is 0.168 e. The van der Waals surface area contributed by atoms with Crippen molar-refractivity contribution in [3.63, 3.8) is 0 Å². The van der Waals surface area contributed by atoms with Gasteiger partial charge in [-0.2, -0.15) is 0 Å². The third kappa shape index (κ3) is 5.42. The number of benzene rings is 9. The highest BCUT2D eigenvalue weighted by Crippen LogP contribution is 2.49. The van der Waals surface area contributed by atoms with Gasteiger partial charge in [0.05, 0.1) is 38.7 Å². The van der Waals surface area contributed by atoms with Crippen molar-refractivity contribution in [3.05, 3.63) is 212 Å². The highest BCUT2D eigenvalue weighted by atomic mass is 16.3. The summed E-state index contributed by atoms with van der Waals surface area (Å²) in [7, 11) is 0. The zero-order valence-electron chi connectivity index (χ0n) is 34.8. The molecule has 0 saturated heterocycles. The molecule has 0 unspecified atom stereocenters. The number of aromatic nitrogens is 5. The Morgan fingerprint density at radius 1 is 0.406 bits per heavy atom. The van der Waals surface area contributed by atoms with Crippen molar-refractivity contribution < 1.29 is 4.42 Å². The van der Waals surface area contributed by atoms with Crippen molar-refractivity contribution in [2.45, 2.75) is 6.92 Å². The molecule has 4 heterocycles. The molecule has 0 N–H and O–H groups in total. The average Bonchev–Trinajstić information content (AvgIpc) is 4.03. The number of rotatable bonds is 6. The standard InChI is InChI=1S/C58H37N5O/c1-36-34-48(51-43-30-16-19-33-49(43)64-55(51)50(36)58-60-56(38-22-8-3-9-23-38)59-57(61-58)39-24-10-4-11-25-39)63-46-31-17-14-28-41(46)45-35-44(37-20-6-2-7-21-37)53-52(54(45)63)42-29-15-18-32-47(42)62(53)40-26-12-5-13-27-40/h2-35H,1H3. The van der Waals surface area contributed by atoms with E-state index >= 15 is 0 Å². The minimum absolute atomic E-state index is 0.559. The van der Waals surface area contributed by atoms with E-state index in [-0.39, 0.29) is 0 Å². The van der Waals surface area contributed by atoms with Crippen molar-refractivity contribution in [2.24, 2.45) is 0 Å². The van der Waals surface area contributed by atoms with Crippen LogP contribution in [0.25, 0.3) is 122 Å². The van der Waals surface area contributed by atoms with Gasteiger partial charge in [0.15, 0.2) is 17.5 Å². The van der Waals surface area contributed by atoms with Gasteiger partial charge in [0.1, 0.15) is 11.2 Å². The van der Waals surface area contributed by atoms with Gasteiger partial charge in [0, 0.05) is 49.3 Å². The predicted molar refractivity (Wildman–Crippen MR) is 262 cm³/mol. The first-order valence-corrected chi connectivity index (χ1v) is 21.6. The summed E-state index contributed by atoms with van der Waals surface area (Å²) in [5, 5.41) is 6.73. The molecule has 0 aliphatic carbocycles. The largest absolute Gasteiger partial charge is 0.455 e. The van der Waals surface area contributed by atoms with Gasteiger partial charge in [-0.15, -0.1) is 0 Å². The molecule has 6 heteroatoms. The van der Waals surface area contributed by atoms with Crippen LogP contribution in [-0.2, 0) is 0 Å². The Kier molecular flexibility index (Phi) is 8.02. The Morgan fingerprint density at radius 3 is 1.58 bits per heavy atom. The molecule has 6 nitrogen and oxygen atoms in total. The second-order valence-corrected chi connectivity index (χ2v) is 16.4. The molecule has 0 spiro atoms. The van der Waals surface area contributed by atoms with E-state index in [1.165, 1.54) is 27.1 Å². The molecule has 0 aliphatic rings. The molecule has 9 aromatic carbocycles. The molecular weight excluding hydrogens is 783 g/mol. The first-order chi connectivity index (χ1) is 31.7. The van der Waals surface area contributed by atoms with Gasteiger partial charge in [-0.05, 0) is 60.5 Å². The van der Waals surface area contributed by atoms with Gasteiger partial charge >= 0.3 is 0 Å². The maximum absolute atomic E-state index is 7.05. The summed E-state index contributed by atoms with van der Waals surface area (Å²) in [6.07, 6.45) is 0. The number of furan rings is 1. The minimum Gasteiger partial charge on any atom is -0.455 e. The van der Waals surface area contributed by atoms with Crippen LogP contribution in [0.4, 0.5) is 0 Å². The van der Waals surface area contributed by atoms with Crippen LogP contribution in [-0.4, -0.2) is 24.1 Å². The Labute approximate surface area is 368 Å². The summed E-state index contributed by atoms with van der Waals surface area (Å²) < 4.78 is 12.0. The van der Waals surface area contributed by atoms with Crippen LogP contribution in [0.2, 0.25) is 0 Å². The van der Waals surface area contributed by atoms with Crippen molar-refractivity contribution in [2.75, 3.05) is 0 Å². The Morgan fingerprint density at radius 2 is 0.922 bits per heavy atom. The van der Waals surface area contributed by atoms with Crippen LogP contribution in [0.3, 0.4) is 0 Å². The summed E-state index contributed by atoms with van der Waals surface area (Å²) in [6, 6.07) is 72.5. The zero-order chi connectivity index (χ0) is 42.3. The first kappa shape index (κ1) is 36.1. The summed E-state index contributed by atoms with van der Waals surface area (Å²) in [6.45, 7) is 2.15. The summed E-state index contributed by atoms with van der Waals surface area (Å²) in [4.78, 5) is 15.5. The molecule has 64 heavy (non-hydrogen) atoms. The SMILES string of the molecule is Cc1cc(-n2c3ccccc3c3cc(-c4ccccc4)c4c(c5ccccc5n4-c4ccccc4)c32)c2c(oc3ccccc32)c1-c1nc(-c2ccccc2)nc(-c2ccccc2)n1. The smallest absolute Gasteiger partial charge is 0.168 e. The van der Waals surface area contributed by atoms with Crippen molar-refractivity contribution in [3.8, 4) is 56.7 Å². The van der Waals surface area contributed by atoms with Crippen LogP contribution in [0.5, 0.6) is 0 Å². The van der Waals surface area contributed by atoms with E-state index in [0.717, 1.165) is 83.2 Å². The summed E-state index contributed by atoms with van der Waals surface area (Å²) in [5.41, 5.74) is 14.2. The molecule has 0 radical (unpaired) electrons. The fourth-order valence-corrected chi connectivity index (χ4v) is 9.92. The summed E-state index contributed by atoms with van der Waals surface area (Å²) >= 11 is 0. The monoisotopic (exact) mass is 819 g/mol. The van der Waals surface area contributed by atoms with E-state index in [1.54, 1.807) is 0 Å². The van der Waals surface area contributed by atoms with Crippen molar-refractivity contribution in [1.29, 1.82) is 0 Å². The Balaban J connectivity index is 1.20. The number of hydrogen-bond acceptors (Lipinski definition) is 4. The first-order valence-electron chi connectivity index (χ1n) is 21.6. The quantitative estimate of drug-likeness (QED) is 0.168. The van der Waals surface area contributed by atoms with E-state index in [2.05, 4.69) is 156 Å². The van der Waals surface area contributed by atoms with Gasteiger partial charge in [-0.3, -0.25) is 0 Å². The topological polar surface area (TPSA) is 61.7 Å².